The number of Topliss-reactive ketones (excluding diaryl/α,β-unsaturated/α-hetero) is 1. The summed E-state index contributed by atoms with van der Waals surface area (Å²) < 4.78 is 6.12. The van der Waals surface area contributed by atoms with E-state index in [0.29, 0.717) is 37.1 Å². The first-order chi connectivity index (χ1) is 17.0. The Hall–Kier alpha value is -2.60. The highest BCUT2D eigenvalue weighted by atomic mass is 16.5. The number of benzene rings is 1. The van der Waals surface area contributed by atoms with Crippen molar-refractivity contribution in [1.82, 2.24) is 5.32 Å². The van der Waals surface area contributed by atoms with Crippen molar-refractivity contribution in [2.75, 3.05) is 24.6 Å². The number of carbonyl (C=O) groups is 2. The number of hydrogen-bond donors (Lipinski definition) is 2. The van der Waals surface area contributed by atoms with E-state index in [0.717, 1.165) is 47.9 Å². The van der Waals surface area contributed by atoms with E-state index in [-0.39, 0.29) is 5.78 Å². The van der Waals surface area contributed by atoms with Crippen LogP contribution in [0.3, 0.4) is 0 Å². The molecule has 0 saturated heterocycles. The number of ether oxygens (including phenoxy) is 1. The summed E-state index contributed by atoms with van der Waals surface area (Å²) in [6, 6.07) is 7.95. The van der Waals surface area contributed by atoms with Crippen molar-refractivity contribution in [3.05, 3.63) is 47.7 Å². The minimum absolute atomic E-state index is 0.0234. The van der Waals surface area contributed by atoms with Gasteiger partial charge in [0.05, 0.1) is 12.5 Å². The molecule has 35 heavy (non-hydrogen) atoms. The van der Waals surface area contributed by atoms with Crippen molar-refractivity contribution in [1.29, 1.82) is 0 Å². The number of rotatable bonds is 8. The van der Waals surface area contributed by atoms with Crippen LogP contribution in [0.2, 0.25) is 0 Å². The second-order valence-corrected chi connectivity index (χ2v) is 11.6. The summed E-state index contributed by atoms with van der Waals surface area (Å²) in [6.45, 7) is 2.06. The average molecular weight is 476 g/mol. The van der Waals surface area contributed by atoms with Crippen LogP contribution in [-0.4, -0.2) is 36.9 Å². The number of amides is 1. The maximum Gasteiger partial charge on any atom is 0.226 e. The summed E-state index contributed by atoms with van der Waals surface area (Å²) in [5, 5.41) is 3.95. The molecule has 7 rings (SSSR count). The van der Waals surface area contributed by atoms with Crippen LogP contribution in [0.5, 0.6) is 5.75 Å². The van der Waals surface area contributed by atoms with Gasteiger partial charge in [0.1, 0.15) is 5.75 Å². The molecule has 0 spiro atoms. The molecule has 1 aromatic rings. The van der Waals surface area contributed by atoms with Gasteiger partial charge in [-0.3, -0.25) is 9.59 Å². The molecular weight excluding hydrogens is 438 g/mol. The Labute approximate surface area is 208 Å². The number of primary amides is 1. The molecule has 5 aliphatic carbocycles. The molecule has 4 saturated carbocycles. The molecule has 1 aromatic carbocycles. The van der Waals surface area contributed by atoms with Gasteiger partial charge in [-0.15, -0.1) is 0 Å². The quantitative estimate of drug-likeness (QED) is 0.553. The van der Waals surface area contributed by atoms with Crippen LogP contribution in [-0.2, 0) is 9.59 Å². The lowest BCUT2D eigenvalue weighted by Crippen LogP contribution is -2.58. The molecule has 0 radical (unpaired) electrons. The van der Waals surface area contributed by atoms with E-state index >= 15 is 0 Å². The molecule has 6 nitrogen and oxygen atoms in total. The highest BCUT2D eigenvalue weighted by Gasteiger charge is 2.50. The predicted octanol–water partition coefficient (Wildman–Crippen LogP) is 4.11. The molecule has 1 amide bonds. The zero-order valence-electron chi connectivity index (χ0n) is 20.5. The standard InChI is InChI=1S/C29H37N3O3/c30-28(34)24-18-32(25-7-1-2-8-26(33)27(24)25)22-5-3-6-23(14-22)35-10-4-9-31-29-15-19-11-20(16-29)13-21(12-19)17-29/h1,3,5-7,14,19-21,24,31H,2,4,8-13,15-18H2,(H2,30,34). The highest BCUT2D eigenvalue weighted by Crippen LogP contribution is 2.55. The number of carbonyl (C=O) groups excluding carboxylic acids is 2. The van der Waals surface area contributed by atoms with Crippen LogP contribution in [0.4, 0.5) is 5.69 Å². The van der Waals surface area contributed by atoms with E-state index in [1.807, 2.05) is 41.3 Å². The van der Waals surface area contributed by atoms with Crippen molar-refractivity contribution < 1.29 is 14.3 Å². The van der Waals surface area contributed by atoms with Crippen LogP contribution in [0.25, 0.3) is 0 Å². The second kappa shape index (κ2) is 9.12. The van der Waals surface area contributed by atoms with Gasteiger partial charge >= 0.3 is 0 Å². The minimum Gasteiger partial charge on any atom is -0.493 e. The third kappa shape index (κ3) is 4.42. The lowest BCUT2D eigenvalue weighted by Gasteiger charge is -2.57. The zero-order chi connectivity index (χ0) is 24.0. The first-order valence-electron chi connectivity index (χ1n) is 13.5. The van der Waals surface area contributed by atoms with Crippen LogP contribution in [0.15, 0.2) is 47.7 Å². The Kier molecular flexibility index (Phi) is 5.95. The molecule has 4 bridgehead atoms. The van der Waals surface area contributed by atoms with E-state index in [9.17, 15) is 9.59 Å². The number of nitrogens with two attached hydrogens (primary N) is 1. The molecular formula is C29H37N3O3. The Balaban J connectivity index is 1.07. The van der Waals surface area contributed by atoms with Gasteiger partial charge in [-0.2, -0.15) is 0 Å². The Morgan fingerprint density at radius 3 is 2.60 bits per heavy atom. The molecule has 186 valence electrons. The Morgan fingerprint density at radius 1 is 1.14 bits per heavy atom. The topological polar surface area (TPSA) is 84.7 Å². The van der Waals surface area contributed by atoms with E-state index < -0.39 is 11.8 Å². The van der Waals surface area contributed by atoms with E-state index in [4.69, 9.17) is 10.5 Å². The lowest BCUT2D eigenvalue weighted by atomic mass is 9.53. The highest BCUT2D eigenvalue weighted by molar-refractivity contribution is 6.04. The van der Waals surface area contributed by atoms with Gasteiger partial charge in [0.2, 0.25) is 5.91 Å². The largest absolute Gasteiger partial charge is 0.493 e. The Bertz CT molecular complexity index is 1040. The minimum atomic E-state index is -0.569. The van der Waals surface area contributed by atoms with Gasteiger partial charge in [0, 0.05) is 41.5 Å². The SMILES string of the molecule is NC(=O)C1CN(c2cccc(OCCCNC34CC5CC(CC(C5)C3)C4)c2)C2=C1C(=O)CCC=C2. The normalized spacial score (nSPS) is 33.3. The first-order valence-corrected chi connectivity index (χ1v) is 13.5. The van der Waals surface area contributed by atoms with Crippen molar-refractivity contribution in [2.45, 2.75) is 63.3 Å². The van der Waals surface area contributed by atoms with Crippen molar-refractivity contribution >= 4 is 17.4 Å². The molecule has 1 heterocycles. The third-order valence-corrected chi connectivity index (χ3v) is 9.00. The number of hydrogen-bond acceptors (Lipinski definition) is 5. The maximum absolute atomic E-state index is 12.7. The molecule has 1 unspecified atom stereocenters. The van der Waals surface area contributed by atoms with Crippen molar-refractivity contribution in [3.63, 3.8) is 0 Å². The molecule has 1 aliphatic heterocycles. The predicted molar refractivity (Wildman–Crippen MR) is 136 cm³/mol. The average Bonchev–Trinajstić information content (AvgIpc) is 3.11. The Morgan fingerprint density at radius 2 is 1.89 bits per heavy atom. The van der Waals surface area contributed by atoms with Crippen LogP contribution in [0, 0.1) is 23.7 Å². The summed E-state index contributed by atoms with van der Waals surface area (Å²) in [5.41, 5.74) is 8.35. The fraction of sp³-hybridized carbons (Fsp3) is 0.586. The zero-order valence-corrected chi connectivity index (χ0v) is 20.5. The number of nitrogens with one attached hydrogen (secondary N) is 1. The van der Waals surface area contributed by atoms with Crippen LogP contribution in [0.1, 0.15) is 57.8 Å². The summed E-state index contributed by atoms with van der Waals surface area (Å²) >= 11 is 0. The molecule has 4 fully saturated rings. The van der Waals surface area contributed by atoms with Crippen LogP contribution >= 0.6 is 0 Å². The number of anilines is 1. The molecule has 3 N–H and O–H groups in total. The van der Waals surface area contributed by atoms with E-state index in [1.165, 1.54) is 38.5 Å². The third-order valence-electron chi connectivity index (χ3n) is 9.00. The van der Waals surface area contributed by atoms with Gasteiger partial charge in [-0.1, -0.05) is 12.1 Å². The number of allylic oxidation sites excluding steroid dienone is 2. The number of ketones is 1. The fourth-order valence-electron chi connectivity index (χ4n) is 7.92. The molecule has 1 atom stereocenters. The van der Waals surface area contributed by atoms with Crippen LogP contribution < -0.4 is 20.7 Å². The molecule has 0 aromatic heterocycles. The molecule has 6 heteroatoms. The maximum atomic E-state index is 12.7. The van der Waals surface area contributed by atoms with Gasteiger partial charge in [0.25, 0.3) is 0 Å². The van der Waals surface area contributed by atoms with Gasteiger partial charge in [-0.25, -0.2) is 0 Å². The summed E-state index contributed by atoms with van der Waals surface area (Å²) in [5.74, 6) is 2.70. The van der Waals surface area contributed by atoms with Gasteiger partial charge < -0.3 is 20.7 Å². The first kappa shape index (κ1) is 22.8. The van der Waals surface area contributed by atoms with E-state index in [1.54, 1.807) is 0 Å². The summed E-state index contributed by atoms with van der Waals surface area (Å²) in [4.78, 5) is 26.8. The fourth-order valence-corrected chi connectivity index (χ4v) is 7.92. The lowest BCUT2D eigenvalue weighted by molar-refractivity contribution is -0.123. The van der Waals surface area contributed by atoms with E-state index in [2.05, 4.69) is 5.32 Å². The van der Waals surface area contributed by atoms with Crippen molar-refractivity contribution in [2.24, 2.45) is 29.4 Å². The second-order valence-electron chi connectivity index (χ2n) is 11.6. The van der Waals surface area contributed by atoms with Gasteiger partial charge in [-0.05, 0) is 93.9 Å². The smallest absolute Gasteiger partial charge is 0.226 e. The van der Waals surface area contributed by atoms with Gasteiger partial charge in [0.15, 0.2) is 5.78 Å². The number of nitrogens with zero attached hydrogens (tertiary/aromatic N) is 1. The van der Waals surface area contributed by atoms with Crippen molar-refractivity contribution in [3.8, 4) is 5.75 Å². The monoisotopic (exact) mass is 475 g/mol. The summed E-state index contributed by atoms with van der Waals surface area (Å²) in [6.07, 6.45) is 14.6. The summed E-state index contributed by atoms with van der Waals surface area (Å²) in [7, 11) is 0. The molecule has 6 aliphatic rings.